The van der Waals surface area contributed by atoms with Crippen molar-refractivity contribution in [3.63, 3.8) is 0 Å². The molecule has 0 amide bonds. The van der Waals surface area contributed by atoms with Crippen LogP contribution in [0.4, 0.5) is 26.3 Å². The molecule has 1 atom stereocenters. The third-order valence-corrected chi connectivity index (χ3v) is 5.90. The van der Waals surface area contributed by atoms with E-state index in [1.54, 1.807) is 0 Å². The van der Waals surface area contributed by atoms with E-state index < -0.39 is 56.8 Å². The molecule has 0 radical (unpaired) electrons. The summed E-state index contributed by atoms with van der Waals surface area (Å²) < 4.78 is 127. The van der Waals surface area contributed by atoms with Crippen LogP contribution in [-0.2, 0) is 34.0 Å². The smallest absolute Gasteiger partial charge is 0.263 e. The molecule has 1 aromatic rings. The van der Waals surface area contributed by atoms with Gasteiger partial charge in [-0.05, 0) is 29.4 Å². The lowest BCUT2D eigenvalue weighted by molar-refractivity contribution is -0.0585. The van der Waals surface area contributed by atoms with Crippen molar-refractivity contribution in [3.05, 3.63) is 35.4 Å². The lowest BCUT2D eigenvalue weighted by Gasteiger charge is -2.22. The molecule has 6 nitrogen and oxygen atoms in total. The molecule has 0 aliphatic heterocycles. The van der Waals surface area contributed by atoms with Crippen molar-refractivity contribution in [3.8, 4) is 0 Å². The molecule has 1 aromatic carbocycles. The molecular weight excluding hydrogens is 498 g/mol. The van der Waals surface area contributed by atoms with Crippen molar-refractivity contribution >= 4 is 33.7 Å². The van der Waals surface area contributed by atoms with Gasteiger partial charge in [0.25, 0.3) is 0 Å². The first-order valence-electron chi connectivity index (χ1n) is 8.33. The molecule has 182 valence electrons. The largest absolute Gasteiger partial charge is 0.523 e. The maximum atomic E-state index is 12.7. The molecule has 0 saturated carbocycles. The minimum absolute atomic E-state index is 0. The van der Waals surface area contributed by atoms with Crippen LogP contribution >= 0.6 is 13.5 Å². The monoisotopic (exact) mass is 520 g/mol. The first-order chi connectivity index (χ1) is 13.3. The SMILES string of the molecule is CC(C)(C)c1ccc(C(CCCOS(=O)(=O)C(F)(F)F)OS(=O)(=O)C(F)(F)F)cc1.S. The van der Waals surface area contributed by atoms with Crippen molar-refractivity contribution in [2.75, 3.05) is 6.61 Å². The van der Waals surface area contributed by atoms with Crippen molar-refractivity contribution in [2.45, 2.75) is 56.1 Å². The van der Waals surface area contributed by atoms with Gasteiger partial charge in [-0.25, -0.2) is 0 Å². The molecule has 0 aliphatic rings. The molecule has 15 heteroatoms. The summed E-state index contributed by atoms with van der Waals surface area (Å²) in [5, 5.41) is 0. The van der Waals surface area contributed by atoms with Crippen LogP contribution in [0.3, 0.4) is 0 Å². The van der Waals surface area contributed by atoms with E-state index in [0.29, 0.717) is 0 Å². The van der Waals surface area contributed by atoms with E-state index in [2.05, 4.69) is 8.37 Å². The summed E-state index contributed by atoms with van der Waals surface area (Å²) in [6.07, 6.45) is -2.81. The molecule has 0 heterocycles. The molecule has 0 aliphatic carbocycles. The van der Waals surface area contributed by atoms with E-state index in [0.717, 1.165) is 5.56 Å². The molecule has 31 heavy (non-hydrogen) atoms. The zero-order valence-corrected chi connectivity index (χ0v) is 19.2. The third kappa shape index (κ3) is 8.44. The van der Waals surface area contributed by atoms with E-state index in [1.165, 1.54) is 24.3 Å². The molecule has 1 unspecified atom stereocenters. The molecule has 0 spiro atoms. The standard InChI is InChI=1S/C16H20F6O6S2.H2S/c1-14(2,3)12-8-6-11(7-9-12)13(28-30(25,26)16(20,21)22)5-4-10-27-29(23,24)15(17,18)19;/h6-9,13H,4-5,10H2,1-3H3;1H2. The average Bonchev–Trinajstić information content (AvgIpc) is 2.54. The first kappa shape index (κ1) is 30.0. The van der Waals surface area contributed by atoms with E-state index in [4.69, 9.17) is 0 Å². The van der Waals surface area contributed by atoms with Gasteiger partial charge in [0, 0.05) is 0 Å². The van der Waals surface area contributed by atoms with E-state index in [1.807, 2.05) is 20.8 Å². The highest BCUT2D eigenvalue weighted by molar-refractivity contribution is 7.87. The van der Waals surface area contributed by atoms with Crippen LogP contribution in [0.2, 0.25) is 0 Å². The number of hydrogen-bond donors (Lipinski definition) is 0. The topological polar surface area (TPSA) is 86.7 Å². The van der Waals surface area contributed by atoms with Crippen LogP contribution in [-0.4, -0.2) is 34.5 Å². The summed E-state index contributed by atoms with van der Waals surface area (Å²) in [5.74, 6) is 0. The van der Waals surface area contributed by atoms with Gasteiger partial charge >= 0.3 is 31.3 Å². The van der Waals surface area contributed by atoms with E-state index in [9.17, 15) is 43.2 Å². The molecule has 1 rings (SSSR count). The highest BCUT2D eigenvalue weighted by Gasteiger charge is 2.49. The van der Waals surface area contributed by atoms with Gasteiger partial charge in [-0.2, -0.15) is 56.7 Å². The summed E-state index contributed by atoms with van der Waals surface area (Å²) in [6, 6.07) is 5.72. The average molecular weight is 521 g/mol. The fraction of sp³-hybridized carbons (Fsp3) is 0.625. The predicted octanol–water partition coefficient (Wildman–Crippen LogP) is 4.65. The zero-order chi connectivity index (χ0) is 23.6. The number of alkyl halides is 6. The lowest BCUT2D eigenvalue weighted by atomic mass is 9.86. The molecule has 0 aromatic heterocycles. The van der Waals surface area contributed by atoms with Crippen LogP contribution in [0.25, 0.3) is 0 Å². The quantitative estimate of drug-likeness (QED) is 0.215. The summed E-state index contributed by atoms with van der Waals surface area (Å²) in [6.45, 7) is 4.56. The van der Waals surface area contributed by atoms with Crippen molar-refractivity contribution < 1.29 is 51.5 Å². The maximum absolute atomic E-state index is 12.7. The van der Waals surface area contributed by atoms with Gasteiger partial charge in [0.2, 0.25) is 0 Å². The van der Waals surface area contributed by atoms with Gasteiger partial charge in [0.15, 0.2) is 0 Å². The van der Waals surface area contributed by atoms with E-state index >= 15 is 0 Å². The Morgan fingerprint density at radius 2 is 1.29 bits per heavy atom. The Kier molecular flexibility index (Phi) is 9.93. The van der Waals surface area contributed by atoms with Gasteiger partial charge in [0.1, 0.15) is 6.10 Å². The summed E-state index contributed by atoms with van der Waals surface area (Å²) >= 11 is 0. The minimum Gasteiger partial charge on any atom is -0.263 e. The van der Waals surface area contributed by atoms with Crippen LogP contribution in [0.1, 0.15) is 50.8 Å². The normalized spacial score (nSPS) is 14.7. The molecule has 0 saturated heterocycles. The van der Waals surface area contributed by atoms with Gasteiger partial charge in [-0.3, -0.25) is 8.37 Å². The number of rotatable bonds is 8. The van der Waals surface area contributed by atoms with Crippen LogP contribution in [0.5, 0.6) is 0 Å². The Morgan fingerprint density at radius 3 is 1.68 bits per heavy atom. The molecule has 0 N–H and O–H groups in total. The van der Waals surface area contributed by atoms with Crippen LogP contribution in [0.15, 0.2) is 24.3 Å². The van der Waals surface area contributed by atoms with Crippen molar-refractivity contribution in [1.82, 2.24) is 0 Å². The molecular formula is C16H22F6O6S3. The molecule has 0 bridgehead atoms. The van der Waals surface area contributed by atoms with Gasteiger partial charge in [0.05, 0.1) is 6.61 Å². The Bertz CT molecular complexity index is 917. The fourth-order valence-corrected chi connectivity index (χ4v) is 3.27. The van der Waals surface area contributed by atoms with Gasteiger partial charge in [-0.15, -0.1) is 0 Å². The zero-order valence-electron chi connectivity index (χ0n) is 16.5. The Hall–Kier alpha value is -1.03. The van der Waals surface area contributed by atoms with Gasteiger partial charge < -0.3 is 0 Å². The highest BCUT2D eigenvalue weighted by atomic mass is 32.2. The minimum atomic E-state index is -6.01. The predicted molar refractivity (Wildman–Crippen MR) is 104 cm³/mol. The second kappa shape index (κ2) is 10.3. The third-order valence-electron chi connectivity index (χ3n) is 3.81. The molecule has 0 fully saturated rings. The number of benzene rings is 1. The lowest BCUT2D eigenvalue weighted by Crippen LogP contribution is -2.28. The second-order valence-electron chi connectivity index (χ2n) is 7.22. The first-order valence-corrected chi connectivity index (χ1v) is 11.2. The Labute approximate surface area is 183 Å². The van der Waals surface area contributed by atoms with Gasteiger partial charge in [-0.1, -0.05) is 45.0 Å². The summed E-state index contributed by atoms with van der Waals surface area (Å²) in [4.78, 5) is 0. The maximum Gasteiger partial charge on any atom is 0.523 e. The van der Waals surface area contributed by atoms with E-state index in [-0.39, 0.29) is 24.5 Å². The summed E-state index contributed by atoms with van der Waals surface area (Å²) in [7, 11) is -11.9. The van der Waals surface area contributed by atoms with Crippen LogP contribution in [0, 0.1) is 0 Å². The number of halogens is 6. The Balaban J connectivity index is 0.00000900. The van der Waals surface area contributed by atoms with Crippen LogP contribution < -0.4 is 0 Å². The highest BCUT2D eigenvalue weighted by Crippen LogP contribution is 2.34. The van der Waals surface area contributed by atoms with Crippen molar-refractivity contribution in [1.29, 1.82) is 0 Å². The second-order valence-corrected chi connectivity index (χ2v) is 10.4. The number of hydrogen-bond acceptors (Lipinski definition) is 6. The summed E-state index contributed by atoms with van der Waals surface area (Å²) in [5.41, 5.74) is -10.9. The Morgan fingerprint density at radius 1 is 0.839 bits per heavy atom. The fourth-order valence-electron chi connectivity index (χ4n) is 2.18. The van der Waals surface area contributed by atoms with Crippen molar-refractivity contribution in [2.24, 2.45) is 0 Å².